The first kappa shape index (κ1) is 14.9. The topological polar surface area (TPSA) is 56.3 Å². The van der Waals surface area contributed by atoms with Crippen LogP contribution < -0.4 is 0 Å². The number of aromatic nitrogens is 1. The summed E-state index contributed by atoms with van der Waals surface area (Å²) in [5.74, 6) is -0.788. The van der Waals surface area contributed by atoms with E-state index in [1.165, 1.54) is 25.4 Å². The van der Waals surface area contributed by atoms with E-state index in [0.717, 1.165) is 15.6 Å². The van der Waals surface area contributed by atoms with Crippen LogP contribution in [0.1, 0.15) is 32.6 Å². The number of thiazole rings is 1. The molecule has 0 N–H and O–H groups in total. The van der Waals surface area contributed by atoms with Gasteiger partial charge in [0.05, 0.1) is 7.11 Å². The fourth-order valence-electron chi connectivity index (χ4n) is 1.64. The molecule has 0 atom stereocenters. The summed E-state index contributed by atoms with van der Waals surface area (Å²) in [7, 11) is 1.27. The second kappa shape index (κ2) is 5.85. The van der Waals surface area contributed by atoms with E-state index in [4.69, 9.17) is 0 Å². The van der Waals surface area contributed by atoms with Gasteiger partial charge in [-0.25, -0.2) is 9.78 Å². The molecule has 0 radical (unpaired) electrons. The Kier molecular flexibility index (Phi) is 4.35. The average molecular weight is 354 g/mol. The molecule has 0 aliphatic carbocycles. The highest BCUT2D eigenvalue weighted by Crippen LogP contribution is 2.31. The van der Waals surface area contributed by atoms with Gasteiger partial charge in [-0.2, -0.15) is 0 Å². The van der Waals surface area contributed by atoms with Crippen molar-refractivity contribution in [3.63, 3.8) is 0 Å². The molecule has 0 bridgehead atoms. The summed E-state index contributed by atoms with van der Waals surface area (Å²) < 4.78 is 5.62. The molecule has 0 amide bonds. The maximum atomic E-state index is 11.7. The lowest BCUT2D eigenvalue weighted by Crippen LogP contribution is -2.06. The zero-order valence-corrected chi connectivity index (χ0v) is 13.6. The standard InChI is InChI=1S/C14H12BrNO3S/c1-7-4-5-9(6-10(7)15)13-16-11(14(18)19-3)12(20-13)8(2)17/h4-6H,1-3H3. The number of esters is 1. The molecule has 0 aliphatic rings. The van der Waals surface area contributed by atoms with Gasteiger partial charge in [0.15, 0.2) is 11.5 Å². The first-order valence-corrected chi connectivity index (χ1v) is 7.41. The van der Waals surface area contributed by atoms with Crippen LogP contribution in [0.4, 0.5) is 0 Å². The fourth-order valence-corrected chi connectivity index (χ4v) is 2.97. The van der Waals surface area contributed by atoms with Crippen LogP contribution in [0.2, 0.25) is 0 Å². The predicted molar refractivity (Wildman–Crippen MR) is 81.3 cm³/mol. The van der Waals surface area contributed by atoms with Crippen LogP contribution in [0.3, 0.4) is 0 Å². The molecule has 0 aliphatic heterocycles. The minimum atomic E-state index is -0.594. The number of methoxy groups -OCH3 is 1. The van der Waals surface area contributed by atoms with Crippen molar-refractivity contribution >= 4 is 39.0 Å². The van der Waals surface area contributed by atoms with Gasteiger partial charge in [0.2, 0.25) is 0 Å². The highest BCUT2D eigenvalue weighted by Gasteiger charge is 2.22. The molecule has 104 valence electrons. The Morgan fingerprint density at radius 3 is 2.60 bits per heavy atom. The van der Waals surface area contributed by atoms with Crippen molar-refractivity contribution in [2.24, 2.45) is 0 Å². The second-order valence-corrected chi connectivity index (χ2v) is 6.06. The fraction of sp³-hybridized carbons (Fsp3) is 0.214. The van der Waals surface area contributed by atoms with Crippen molar-refractivity contribution in [2.75, 3.05) is 7.11 Å². The van der Waals surface area contributed by atoms with E-state index in [0.29, 0.717) is 9.88 Å². The Labute approximate surface area is 128 Å². The number of halogens is 1. The number of rotatable bonds is 3. The van der Waals surface area contributed by atoms with E-state index in [1.54, 1.807) is 0 Å². The van der Waals surface area contributed by atoms with Crippen LogP contribution in [0.5, 0.6) is 0 Å². The lowest BCUT2D eigenvalue weighted by atomic mass is 10.2. The Morgan fingerprint density at radius 1 is 1.35 bits per heavy atom. The summed E-state index contributed by atoms with van der Waals surface area (Å²) in [5.41, 5.74) is 2.03. The first-order chi connectivity index (χ1) is 9.43. The lowest BCUT2D eigenvalue weighted by Gasteiger charge is -2.00. The van der Waals surface area contributed by atoms with E-state index in [-0.39, 0.29) is 11.5 Å². The van der Waals surface area contributed by atoms with Crippen LogP contribution in [-0.4, -0.2) is 23.8 Å². The average Bonchev–Trinajstić information content (AvgIpc) is 2.86. The van der Waals surface area contributed by atoms with E-state index >= 15 is 0 Å². The maximum Gasteiger partial charge on any atom is 0.358 e. The number of carbonyl (C=O) groups excluding carboxylic acids is 2. The molecule has 1 aromatic carbocycles. The quantitative estimate of drug-likeness (QED) is 0.620. The SMILES string of the molecule is COC(=O)c1nc(-c2ccc(C)c(Br)c2)sc1C(C)=O. The molecule has 0 saturated heterocycles. The number of nitrogens with zero attached hydrogens (tertiary/aromatic N) is 1. The minimum absolute atomic E-state index is 0.0803. The molecular formula is C14H12BrNO3S. The molecule has 0 saturated carbocycles. The summed E-state index contributed by atoms with van der Waals surface area (Å²) in [6.45, 7) is 3.39. The van der Waals surface area contributed by atoms with Crippen molar-refractivity contribution < 1.29 is 14.3 Å². The summed E-state index contributed by atoms with van der Waals surface area (Å²) in [5, 5.41) is 0.622. The Morgan fingerprint density at radius 2 is 2.05 bits per heavy atom. The molecule has 0 fully saturated rings. The molecule has 4 nitrogen and oxygen atoms in total. The van der Waals surface area contributed by atoms with Gasteiger partial charge in [0.25, 0.3) is 0 Å². The number of aryl methyl sites for hydroxylation is 1. The van der Waals surface area contributed by atoms with Gasteiger partial charge in [0, 0.05) is 17.0 Å². The summed E-state index contributed by atoms with van der Waals surface area (Å²) in [6, 6.07) is 5.77. The van der Waals surface area contributed by atoms with Crippen LogP contribution in [0, 0.1) is 6.92 Å². The number of Topliss-reactive ketones (excluding diaryl/α,β-unsaturated/α-hetero) is 1. The summed E-state index contributed by atoms with van der Waals surface area (Å²) in [4.78, 5) is 27.8. The lowest BCUT2D eigenvalue weighted by molar-refractivity contribution is 0.0591. The second-order valence-electron chi connectivity index (χ2n) is 4.21. The monoisotopic (exact) mass is 353 g/mol. The largest absolute Gasteiger partial charge is 0.464 e. The van der Waals surface area contributed by atoms with Gasteiger partial charge in [-0.3, -0.25) is 4.79 Å². The van der Waals surface area contributed by atoms with Gasteiger partial charge in [-0.1, -0.05) is 28.1 Å². The number of carbonyl (C=O) groups is 2. The van der Waals surface area contributed by atoms with E-state index in [9.17, 15) is 9.59 Å². The van der Waals surface area contributed by atoms with Crippen molar-refractivity contribution in [2.45, 2.75) is 13.8 Å². The van der Waals surface area contributed by atoms with Gasteiger partial charge in [0.1, 0.15) is 9.88 Å². The van der Waals surface area contributed by atoms with Crippen molar-refractivity contribution in [3.05, 3.63) is 38.8 Å². The molecule has 1 aromatic heterocycles. The number of hydrogen-bond acceptors (Lipinski definition) is 5. The molecule has 6 heteroatoms. The zero-order valence-electron chi connectivity index (χ0n) is 11.2. The predicted octanol–water partition coefficient (Wildman–Crippen LogP) is 3.87. The van der Waals surface area contributed by atoms with E-state index < -0.39 is 5.97 Å². The van der Waals surface area contributed by atoms with Crippen molar-refractivity contribution in [1.82, 2.24) is 4.98 Å². The Balaban J connectivity index is 2.55. The molecule has 2 rings (SSSR count). The van der Waals surface area contributed by atoms with Crippen LogP contribution in [0.25, 0.3) is 10.6 Å². The van der Waals surface area contributed by atoms with Gasteiger partial charge < -0.3 is 4.74 Å². The van der Waals surface area contributed by atoms with Gasteiger partial charge >= 0.3 is 5.97 Å². The smallest absolute Gasteiger partial charge is 0.358 e. The minimum Gasteiger partial charge on any atom is -0.464 e. The molecule has 0 unspecified atom stereocenters. The van der Waals surface area contributed by atoms with E-state index in [2.05, 4.69) is 25.7 Å². The molecule has 2 aromatic rings. The van der Waals surface area contributed by atoms with Crippen LogP contribution in [0.15, 0.2) is 22.7 Å². The molecular weight excluding hydrogens is 342 g/mol. The summed E-state index contributed by atoms with van der Waals surface area (Å²) in [6.07, 6.45) is 0. The third-order valence-electron chi connectivity index (χ3n) is 2.74. The Hall–Kier alpha value is -1.53. The Bertz CT molecular complexity index is 694. The molecule has 20 heavy (non-hydrogen) atoms. The zero-order chi connectivity index (χ0) is 14.9. The third-order valence-corrected chi connectivity index (χ3v) is 4.80. The number of benzene rings is 1. The normalized spacial score (nSPS) is 10.4. The number of ether oxygens (including phenoxy) is 1. The first-order valence-electron chi connectivity index (χ1n) is 5.80. The molecule has 0 spiro atoms. The van der Waals surface area contributed by atoms with Crippen molar-refractivity contribution in [3.8, 4) is 10.6 Å². The van der Waals surface area contributed by atoms with Gasteiger partial charge in [-0.15, -0.1) is 11.3 Å². The highest BCUT2D eigenvalue weighted by molar-refractivity contribution is 9.10. The maximum absolute atomic E-state index is 11.7. The van der Waals surface area contributed by atoms with Gasteiger partial charge in [-0.05, 0) is 18.6 Å². The highest BCUT2D eigenvalue weighted by atomic mass is 79.9. The number of hydrogen-bond donors (Lipinski definition) is 0. The third kappa shape index (κ3) is 2.81. The van der Waals surface area contributed by atoms with E-state index in [1.807, 2.05) is 25.1 Å². The molecule has 1 heterocycles. The summed E-state index contributed by atoms with van der Waals surface area (Å²) >= 11 is 4.66. The van der Waals surface area contributed by atoms with Crippen LogP contribution in [-0.2, 0) is 4.74 Å². The van der Waals surface area contributed by atoms with Crippen LogP contribution >= 0.6 is 27.3 Å². The number of ketones is 1. The van der Waals surface area contributed by atoms with Crippen molar-refractivity contribution in [1.29, 1.82) is 0 Å².